The number of H-pyrrole nitrogens is 1. The van der Waals surface area contributed by atoms with Crippen LogP contribution in [0.5, 0.6) is 0 Å². The highest BCUT2D eigenvalue weighted by molar-refractivity contribution is 7.92. The Kier molecular flexibility index (Phi) is 4.29. The van der Waals surface area contributed by atoms with E-state index in [1.807, 2.05) is 0 Å². The summed E-state index contributed by atoms with van der Waals surface area (Å²) in [4.78, 5) is 13.1. The SMILES string of the molecule is O=c1[nH]cc(S(=O)(=O)Nc2cccc(Cl)c2Cl)cc1Cl. The molecule has 0 amide bonds. The van der Waals surface area contributed by atoms with Crippen molar-refractivity contribution in [1.29, 1.82) is 0 Å². The summed E-state index contributed by atoms with van der Waals surface area (Å²) in [5.74, 6) is 0. The molecule has 0 radical (unpaired) electrons. The summed E-state index contributed by atoms with van der Waals surface area (Å²) in [5, 5.41) is 0.0599. The van der Waals surface area contributed by atoms with Crippen molar-refractivity contribution in [3.05, 3.63) is 55.9 Å². The van der Waals surface area contributed by atoms with Crippen LogP contribution in [0.4, 0.5) is 5.69 Å². The first-order valence-corrected chi connectivity index (χ1v) is 7.78. The fourth-order valence-corrected chi connectivity index (χ4v) is 3.08. The topological polar surface area (TPSA) is 79.0 Å². The first-order chi connectivity index (χ1) is 9.31. The fourth-order valence-electron chi connectivity index (χ4n) is 1.38. The van der Waals surface area contributed by atoms with Crippen molar-refractivity contribution in [1.82, 2.24) is 4.98 Å². The number of sulfonamides is 1. The number of anilines is 1. The Morgan fingerprint density at radius 3 is 2.45 bits per heavy atom. The smallest absolute Gasteiger partial charge is 0.266 e. The molecule has 9 heteroatoms. The Morgan fingerprint density at radius 2 is 1.80 bits per heavy atom. The Hall–Kier alpha value is -1.21. The fraction of sp³-hybridized carbons (Fsp3) is 0. The van der Waals surface area contributed by atoms with Gasteiger partial charge in [-0.1, -0.05) is 40.9 Å². The Morgan fingerprint density at radius 1 is 1.10 bits per heavy atom. The van der Waals surface area contributed by atoms with E-state index in [0.717, 1.165) is 12.3 Å². The molecule has 0 aliphatic carbocycles. The number of pyridine rings is 1. The zero-order valence-electron chi connectivity index (χ0n) is 9.65. The molecule has 1 aromatic heterocycles. The van der Waals surface area contributed by atoms with Gasteiger partial charge < -0.3 is 4.98 Å². The predicted molar refractivity (Wildman–Crippen MR) is 79.3 cm³/mol. The molecule has 1 heterocycles. The molecule has 106 valence electrons. The van der Waals surface area contributed by atoms with Gasteiger partial charge in [0.15, 0.2) is 0 Å². The molecule has 0 bridgehead atoms. The van der Waals surface area contributed by atoms with Gasteiger partial charge in [-0.05, 0) is 18.2 Å². The highest BCUT2D eigenvalue weighted by Crippen LogP contribution is 2.31. The van der Waals surface area contributed by atoms with Crippen LogP contribution in [-0.2, 0) is 10.0 Å². The number of hydrogen-bond donors (Lipinski definition) is 2. The average molecular weight is 354 g/mol. The van der Waals surface area contributed by atoms with Gasteiger partial charge in [0, 0.05) is 6.20 Å². The lowest BCUT2D eigenvalue weighted by atomic mass is 10.3. The van der Waals surface area contributed by atoms with E-state index in [4.69, 9.17) is 34.8 Å². The summed E-state index contributed by atoms with van der Waals surface area (Å²) in [6, 6.07) is 5.57. The van der Waals surface area contributed by atoms with Gasteiger partial charge in [-0.25, -0.2) is 8.42 Å². The Balaban J connectivity index is 2.43. The molecule has 0 aliphatic rings. The van der Waals surface area contributed by atoms with E-state index < -0.39 is 15.6 Å². The number of aromatic amines is 1. The third-order valence-electron chi connectivity index (χ3n) is 2.34. The number of nitrogens with one attached hydrogen (secondary N) is 2. The molecular weight excluding hydrogens is 347 g/mol. The number of aromatic nitrogens is 1. The maximum atomic E-state index is 12.1. The second-order valence-corrected chi connectivity index (χ2v) is 6.59. The number of rotatable bonds is 3. The van der Waals surface area contributed by atoms with Crippen LogP contribution in [0.2, 0.25) is 15.1 Å². The number of benzene rings is 1. The monoisotopic (exact) mass is 352 g/mol. The summed E-state index contributed by atoms with van der Waals surface area (Å²) in [5.41, 5.74) is -0.451. The first kappa shape index (κ1) is 15.2. The van der Waals surface area contributed by atoms with Crippen LogP contribution >= 0.6 is 34.8 Å². The van der Waals surface area contributed by atoms with Gasteiger partial charge in [0.25, 0.3) is 15.6 Å². The molecule has 0 aliphatic heterocycles. The summed E-state index contributed by atoms with van der Waals surface area (Å²) < 4.78 is 26.5. The largest absolute Gasteiger partial charge is 0.326 e. The summed E-state index contributed by atoms with van der Waals surface area (Å²) in [6.07, 6.45) is 1.04. The highest BCUT2D eigenvalue weighted by Gasteiger charge is 2.18. The third-order valence-corrected chi connectivity index (χ3v) is 4.78. The van der Waals surface area contributed by atoms with Crippen molar-refractivity contribution in [2.24, 2.45) is 0 Å². The molecule has 2 rings (SSSR count). The van der Waals surface area contributed by atoms with E-state index in [-0.39, 0.29) is 25.7 Å². The highest BCUT2D eigenvalue weighted by atomic mass is 35.5. The first-order valence-electron chi connectivity index (χ1n) is 5.16. The van der Waals surface area contributed by atoms with Crippen molar-refractivity contribution in [3.63, 3.8) is 0 Å². The van der Waals surface area contributed by atoms with Crippen molar-refractivity contribution in [2.75, 3.05) is 4.72 Å². The predicted octanol–water partition coefficient (Wildman–Crippen LogP) is 3.14. The van der Waals surface area contributed by atoms with Crippen LogP contribution in [0.1, 0.15) is 0 Å². The lowest BCUT2D eigenvalue weighted by molar-refractivity contribution is 0.600. The minimum atomic E-state index is -3.94. The maximum Gasteiger partial charge on any atom is 0.266 e. The molecule has 0 saturated carbocycles. The molecule has 0 spiro atoms. The molecule has 0 fully saturated rings. The Bertz CT molecular complexity index is 818. The minimum Gasteiger partial charge on any atom is -0.326 e. The van der Waals surface area contributed by atoms with Gasteiger partial charge >= 0.3 is 0 Å². The molecule has 0 atom stereocenters. The van der Waals surface area contributed by atoms with Gasteiger partial charge in [-0.15, -0.1) is 0 Å². The Labute approximate surface area is 129 Å². The van der Waals surface area contributed by atoms with Crippen LogP contribution in [0.25, 0.3) is 0 Å². The molecule has 1 aromatic carbocycles. The summed E-state index contributed by atoms with van der Waals surface area (Å²) in [7, 11) is -3.94. The second kappa shape index (κ2) is 5.65. The van der Waals surface area contributed by atoms with E-state index in [9.17, 15) is 13.2 Å². The van der Waals surface area contributed by atoms with Crippen molar-refractivity contribution in [2.45, 2.75) is 4.90 Å². The summed E-state index contributed by atoms with van der Waals surface area (Å²) >= 11 is 17.3. The van der Waals surface area contributed by atoms with E-state index in [0.29, 0.717) is 0 Å². The van der Waals surface area contributed by atoms with Crippen LogP contribution in [0.3, 0.4) is 0 Å². The van der Waals surface area contributed by atoms with E-state index in [2.05, 4.69) is 9.71 Å². The molecule has 2 N–H and O–H groups in total. The van der Waals surface area contributed by atoms with Crippen LogP contribution in [0, 0.1) is 0 Å². The lowest BCUT2D eigenvalue weighted by Crippen LogP contribution is -2.16. The lowest BCUT2D eigenvalue weighted by Gasteiger charge is -2.10. The van der Waals surface area contributed by atoms with Gasteiger partial charge in [-0.2, -0.15) is 0 Å². The maximum absolute atomic E-state index is 12.1. The zero-order chi connectivity index (χ0) is 14.9. The molecule has 0 saturated heterocycles. The van der Waals surface area contributed by atoms with Crippen molar-refractivity contribution >= 4 is 50.5 Å². The molecule has 20 heavy (non-hydrogen) atoms. The quantitative estimate of drug-likeness (QED) is 0.889. The standard InChI is InChI=1S/C11H7Cl3N2O3S/c12-7-2-1-3-9(10(7)14)16-20(18,19)6-4-8(13)11(17)15-5-6/h1-5,16H,(H,15,17). The minimum absolute atomic E-state index is 0.0771. The van der Waals surface area contributed by atoms with Crippen LogP contribution in [0.15, 0.2) is 40.2 Å². The normalized spacial score (nSPS) is 11.3. The van der Waals surface area contributed by atoms with Gasteiger partial charge in [0.2, 0.25) is 0 Å². The number of halogens is 3. The van der Waals surface area contributed by atoms with Crippen LogP contribution in [-0.4, -0.2) is 13.4 Å². The van der Waals surface area contributed by atoms with E-state index >= 15 is 0 Å². The van der Waals surface area contributed by atoms with Crippen molar-refractivity contribution < 1.29 is 8.42 Å². The summed E-state index contributed by atoms with van der Waals surface area (Å²) in [6.45, 7) is 0. The molecule has 0 unspecified atom stereocenters. The zero-order valence-corrected chi connectivity index (χ0v) is 12.7. The average Bonchev–Trinajstić information content (AvgIpc) is 2.38. The van der Waals surface area contributed by atoms with Gasteiger partial charge in [0.05, 0.1) is 15.7 Å². The molecular formula is C11H7Cl3N2O3S. The van der Waals surface area contributed by atoms with Crippen LogP contribution < -0.4 is 10.3 Å². The van der Waals surface area contributed by atoms with E-state index in [1.165, 1.54) is 12.1 Å². The van der Waals surface area contributed by atoms with Crippen molar-refractivity contribution in [3.8, 4) is 0 Å². The van der Waals surface area contributed by atoms with Gasteiger partial charge in [-0.3, -0.25) is 9.52 Å². The third kappa shape index (κ3) is 3.09. The van der Waals surface area contributed by atoms with E-state index in [1.54, 1.807) is 6.07 Å². The van der Waals surface area contributed by atoms with Gasteiger partial charge in [0.1, 0.15) is 9.92 Å². The number of hydrogen-bond acceptors (Lipinski definition) is 3. The second-order valence-electron chi connectivity index (χ2n) is 3.72. The molecule has 5 nitrogen and oxygen atoms in total. The molecule has 2 aromatic rings.